The molecule has 106 valence electrons. The van der Waals surface area contributed by atoms with Crippen LogP contribution in [0.1, 0.15) is 5.56 Å². The van der Waals surface area contributed by atoms with Crippen LogP contribution in [-0.2, 0) is 16.3 Å². The largest absolute Gasteiger partial charge is 0.369 e. The number of nitrogens with zero attached hydrogens (tertiary/aromatic N) is 1. The summed E-state index contributed by atoms with van der Waals surface area (Å²) in [5.74, 6) is 1.63. The van der Waals surface area contributed by atoms with Gasteiger partial charge in [0.15, 0.2) is 9.84 Å². The maximum atomic E-state index is 11.4. The van der Waals surface area contributed by atoms with Crippen LogP contribution in [0, 0.1) is 0 Å². The van der Waals surface area contributed by atoms with E-state index in [1.54, 1.807) is 0 Å². The number of hydrogen-bond acceptors (Lipinski definition) is 3. The quantitative estimate of drug-likeness (QED) is 0.654. The first-order valence-electron chi connectivity index (χ1n) is 6.27. The molecule has 0 aromatic heterocycles. The Hall–Kier alpha value is -0.460. The third kappa shape index (κ3) is 4.54. The Kier molecular flexibility index (Phi) is 5.36. The topological polar surface area (TPSA) is 37.4 Å². The molecule has 1 aromatic carbocycles. The number of sulfone groups is 1. The van der Waals surface area contributed by atoms with Gasteiger partial charge in [-0.3, -0.25) is 0 Å². The van der Waals surface area contributed by atoms with Crippen LogP contribution in [-0.4, -0.2) is 43.5 Å². The van der Waals surface area contributed by atoms with Crippen LogP contribution in [0.5, 0.6) is 0 Å². The van der Waals surface area contributed by atoms with Gasteiger partial charge in [0.2, 0.25) is 0 Å². The van der Waals surface area contributed by atoms with Crippen molar-refractivity contribution in [2.75, 3.05) is 35.2 Å². The second kappa shape index (κ2) is 6.81. The van der Waals surface area contributed by atoms with E-state index in [9.17, 15) is 8.42 Å². The van der Waals surface area contributed by atoms with E-state index in [2.05, 4.69) is 41.8 Å². The van der Waals surface area contributed by atoms with Crippen molar-refractivity contribution in [1.29, 1.82) is 0 Å². The average Bonchev–Trinajstić information content (AvgIpc) is 2.40. The second-order valence-corrected chi connectivity index (χ2v) is 8.62. The summed E-state index contributed by atoms with van der Waals surface area (Å²) in [6, 6.07) is 8.45. The first kappa shape index (κ1) is 14.9. The zero-order valence-corrected chi connectivity index (χ0v) is 13.3. The Labute approximate surface area is 124 Å². The molecule has 0 amide bonds. The molecule has 0 spiro atoms. The average molecular weight is 318 g/mol. The zero-order chi connectivity index (χ0) is 13.7. The van der Waals surface area contributed by atoms with E-state index in [-0.39, 0.29) is 11.5 Å². The molecule has 0 saturated carbocycles. The Bertz CT molecular complexity index is 524. The monoisotopic (exact) mass is 317 g/mol. The standard InChI is InChI=1S/C13H19NO2S3/c15-19(16)9-6-14(7-10-19)13-3-1-12(2-4-13)5-8-18-11-17/h1-4,11,17-18H,5-10H2. The molecule has 0 N–H and O–H groups in total. The number of anilines is 1. The van der Waals surface area contributed by atoms with E-state index in [1.165, 1.54) is 16.9 Å². The molecular weight excluding hydrogens is 298 g/mol. The minimum Gasteiger partial charge on any atom is -0.369 e. The zero-order valence-electron chi connectivity index (χ0n) is 10.7. The molecule has 0 aliphatic carbocycles. The van der Waals surface area contributed by atoms with Crippen LogP contribution >= 0.6 is 24.0 Å². The third-order valence-corrected chi connectivity index (χ3v) is 6.00. The Morgan fingerprint density at radius 1 is 1.21 bits per heavy atom. The fraction of sp³-hybridized carbons (Fsp3) is 0.462. The highest BCUT2D eigenvalue weighted by atomic mass is 32.2. The highest BCUT2D eigenvalue weighted by Crippen LogP contribution is 2.18. The van der Waals surface area contributed by atoms with E-state index in [4.69, 9.17) is 0 Å². The fourth-order valence-electron chi connectivity index (χ4n) is 2.10. The lowest BCUT2D eigenvalue weighted by Crippen LogP contribution is -2.40. The predicted octanol–water partition coefficient (Wildman–Crippen LogP) is 1.62. The van der Waals surface area contributed by atoms with Crippen molar-refractivity contribution in [3.8, 4) is 0 Å². The van der Waals surface area contributed by atoms with Crippen molar-refractivity contribution < 1.29 is 8.42 Å². The van der Waals surface area contributed by atoms with Crippen molar-refractivity contribution >= 4 is 44.2 Å². The van der Waals surface area contributed by atoms with E-state index in [0.29, 0.717) is 13.1 Å². The fourth-order valence-corrected chi connectivity index (χ4v) is 4.15. The van der Waals surface area contributed by atoms with E-state index < -0.39 is 9.84 Å². The SMILES string of the molecule is O=S1(=O)CCN(c2ccc(CC[SH]=CS)cc2)CC1. The molecule has 1 fully saturated rings. The Morgan fingerprint density at radius 3 is 2.42 bits per heavy atom. The van der Waals surface area contributed by atoms with Gasteiger partial charge in [0.05, 0.1) is 11.5 Å². The molecule has 1 saturated heterocycles. The minimum atomic E-state index is -2.80. The normalized spacial score (nSPS) is 19.3. The van der Waals surface area contributed by atoms with Gasteiger partial charge in [-0.1, -0.05) is 12.1 Å². The number of benzene rings is 1. The maximum absolute atomic E-state index is 11.4. The van der Waals surface area contributed by atoms with Crippen LogP contribution in [0.4, 0.5) is 5.69 Å². The minimum absolute atomic E-state index is 0.269. The van der Waals surface area contributed by atoms with Gasteiger partial charge in [0.1, 0.15) is 0 Å². The smallest absolute Gasteiger partial charge is 0.153 e. The first-order valence-corrected chi connectivity index (χ1v) is 9.76. The van der Waals surface area contributed by atoms with Crippen molar-refractivity contribution in [3.63, 3.8) is 0 Å². The second-order valence-electron chi connectivity index (χ2n) is 4.58. The number of thiol groups is 2. The molecule has 6 heteroatoms. The highest BCUT2D eigenvalue weighted by molar-refractivity contribution is 8.15. The van der Waals surface area contributed by atoms with E-state index in [0.717, 1.165) is 17.9 Å². The molecule has 19 heavy (non-hydrogen) atoms. The summed E-state index contributed by atoms with van der Waals surface area (Å²) in [6.07, 6.45) is 1.05. The Morgan fingerprint density at radius 2 is 1.84 bits per heavy atom. The molecule has 1 aromatic rings. The van der Waals surface area contributed by atoms with Crippen molar-refractivity contribution in [3.05, 3.63) is 29.8 Å². The molecule has 2 rings (SSSR count). The molecule has 1 aliphatic rings. The summed E-state index contributed by atoms with van der Waals surface area (Å²) in [6.45, 7) is 1.21. The maximum Gasteiger partial charge on any atom is 0.153 e. The van der Waals surface area contributed by atoms with E-state index >= 15 is 0 Å². The lowest BCUT2D eigenvalue weighted by Gasteiger charge is -2.28. The summed E-state index contributed by atoms with van der Waals surface area (Å²) >= 11 is 5.32. The van der Waals surface area contributed by atoms with Crippen molar-refractivity contribution in [2.24, 2.45) is 0 Å². The lowest BCUT2D eigenvalue weighted by molar-refractivity contribution is 0.587. The molecule has 0 atom stereocenters. The molecule has 0 unspecified atom stereocenters. The van der Waals surface area contributed by atoms with Gasteiger partial charge in [-0.25, -0.2) is 8.42 Å². The van der Waals surface area contributed by atoms with Gasteiger partial charge in [0.25, 0.3) is 0 Å². The number of rotatable bonds is 4. The molecule has 1 heterocycles. The summed E-state index contributed by atoms with van der Waals surface area (Å²) in [5.41, 5.74) is 2.44. The van der Waals surface area contributed by atoms with Crippen molar-refractivity contribution in [1.82, 2.24) is 0 Å². The summed E-state index contributed by atoms with van der Waals surface area (Å²) in [7, 11) is -2.80. The van der Waals surface area contributed by atoms with Gasteiger partial charge in [-0.05, 0) is 34.6 Å². The highest BCUT2D eigenvalue weighted by Gasteiger charge is 2.21. The van der Waals surface area contributed by atoms with Crippen LogP contribution in [0.3, 0.4) is 0 Å². The summed E-state index contributed by atoms with van der Waals surface area (Å²) < 4.78 is 24.6. The first-order chi connectivity index (χ1) is 9.11. The van der Waals surface area contributed by atoms with Crippen molar-refractivity contribution in [2.45, 2.75) is 6.42 Å². The van der Waals surface area contributed by atoms with Crippen LogP contribution in [0.2, 0.25) is 0 Å². The van der Waals surface area contributed by atoms with Crippen LogP contribution in [0.25, 0.3) is 0 Å². The number of hydrogen-bond donors (Lipinski definition) is 2. The number of aryl methyl sites for hydroxylation is 1. The molecule has 0 radical (unpaired) electrons. The predicted molar refractivity (Wildman–Crippen MR) is 89.9 cm³/mol. The lowest BCUT2D eigenvalue weighted by atomic mass is 10.1. The summed E-state index contributed by atoms with van der Waals surface area (Å²) in [4.78, 5) is 2.14. The van der Waals surface area contributed by atoms with Gasteiger partial charge < -0.3 is 4.90 Å². The van der Waals surface area contributed by atoms with Gasteiger partial charge in [0, 0.05) is 18.8 Å². The van der Waals surface area contributed by atoms with Gasteiger partial charge >= 0.3 is 0 Å². The molecule has 3 nitrogen and oxygen atoms in total. The van der Waals surface area contributed by atoms with Crippen LogP contribution in [0.15, 0.2) is 24.3 Å². The van der Waals surface area contributed by atoms with Gasteiger partial charge in [-0.15, -0.1) is 12.6 Å². The van der Waals surface area contributed by atoms with E-state index in [1.807, 2.05) is 4.70 Å². The van der Waals surface area contributed by atoms with Crippen LogP contribution < -0.4 is 4.90 Å². The molecular formula is C13H19NO2S3. The third-order valence-electron chi connectivity index (χ3n) is 3.26. The molecule has 1 aliphatic heterocycles. The summed E-state index contributed by atoms with van der Waals surface area (Å²) in [5, 5.41) is 0. The Balaban J connectivity index is 1.95. The molecule has 0 bridgehead atoms. The van der Waals surface area contributed by atoms with Gasteiger partial charge in [-0.2, -0.15) is 11.4 Å².